The number of nitrogens with one attached hydrogen (secondary N) is 1. The second-order valence-electron chi connectivity index (χ2n) is 4.04. The number of amides is 1. The van der Waals surface area contributed by atoms with E-state index in [1.807, 2.05) is 30.2 Å². The van der Waals surface area contributed by atoms with Crippen molar-refractivity contribution < 1.29 is 4.79 Å². The van der Waals surface area contributed by atoms with Crippen molar-refractivity contribution in [2.24, 2.45) is 4.99 Å². The number of rotatable bonds is 6. The minimum Gasteiger partial charge on any atom is -0.356 e. The van der Waals surface area contributed by atoms with E-state index in [1.54, 1.807) is 6.21 Å². The van der Waals surface area contributed by atoms with Crippen LogP contribution in [0.5, 0.6) is 0 Å². The van der Waals surface area contributed by atoms with Gasteiger partial charge in [0.15, 0.2) is 0 Å². The Labute approximate surface area is 103 Å². The van der Waals surface area contributed by atoms with Crippen molar-refractivity contribution in [3.63, 3.8) is 0 Å². The van der Waals surface area contributed by atoms with Crippen LogP contribution in [0, 0.1) is 0 Å². The normalized spacial score (nSPS) is 15.2. The van der Waals surface area contributed by atoms with E-state index in [0.29, 0.717) is 13.1 Å². The monoisotopic (exact) mass is 235 g/mol. The molecule has 94 valence electrons. The number of carbonyl (C=O) groups is 1. The molecule has 0 saturated carbocycles. The van der Waals surface area contributed by atoms with Crippen LogP contribution in [0.1, 0.15) is 33.1 Å². The molecule has 4 heteroatoms. The molecule has 0 aromatic heterocycles. The highest BCUT2D eigenvalue weighted by Crippen LogP contribution is 2.07. The molecule has 17 heavy (non-hydrogen) atoms. The molecule has 0 fully saturated rings. The van der Waals surface area contributed by atoms with Gasteiger partial charge >= 0.3 is 0 Å². The van der Waals surface area contributed by atoms with Crippen LogP contribution in [0.3, 0.4) is 0 Å². The zero-order valence-electron chi connectivity index (χ0n) is 10.6. The van der Waals surface area contributed by atoms with Crippen molar-refractivity contribution in [1.82, 2.24) is 10.2 Å². The topological polar surface area (TPSA) is 44.7 Å². The highest BCUT2D eigenvalue weighted by molar-refractivity contribution is 5.77. The summed E-state index contributed by atoms with van der Waals surface area (Å²) < 4.78 is 0. The van der Waals surface area contributed by atoms with Crippen LogP contribution in [0.2, 0.25) is 0 Å². The van der Waals surface area contributed by atoms with Gasteiger partial charge in [-0.05, 0) is 19.4 Å². The van der Waals surface area contributed by atoms with Crippen LogP contribution < -0.4 is 5.32 Å². The third kappa shape index (κ3) is 5.33. The quantitative estimate of drug-likeness (QED) is 0.716. The summed E-state index contributed by atoms with van der Waals surface area (Å²) in [6.45, 7) is 5.54. The van der Waals surface area contributed by atoms with Gasteiger partial charge in [0.25, 0.3) is 0 Å². The Bertz CT molecular complexity index is 332. The van der Waals surface area contributed by atoms with E-state index in [9.17, 15) is 4.79 Å². The van der Waals surface area contributed by atoms with E-state index in [-0.39, 0.29) is 5.91 Å². The molecule has 0 spiro atoms. The summed E-state index contributed by atoms with van der Waals surface area (Å²) >= 11 is 0. The van der Waals surface area contributed by atoms with Gasteiger partial charge in [0, 0.05) is 31.1 Å². The second-order valence-corrected chi connectivity index (χ2v) is 4.04. The van der Waals surface area contributed by atoms with E-state index >= 15 is 0 Å². The highest BCUT2D eigenvalue weighted by atomic mass is 16.1. The number of hydrogen-bond acceptors (Lipinski definition) is 3. The molecule has 0 atom stereocenters. The molecule has 1 rings (SSSR count). The van der Waals surface area contributed by atoms with E-state index in [4.69, 9.17) is 0 Å². The molecule has 0 bridgehead atoms. The molecule has 0 radical (unpaired) electrons. The Morgan fingerprint density at radius 1 is 1.65 bits per heavy atom. The van der Waals surface area contributed by atoms with Gasteiger partial charge < -0.3 is 10.2 Å². The predicted octanol–water partition coefficient (Wildman–Crippen LogP) is 2.05. The maximum Gasteiger partial charge on any atom is 0.223 e. The molecule has 0 unspecified atom stereocenters. The Hall–Kier alpha value is -1.58. The first-order valence-electron chi connectivity index (χ1n) is 6.10. The minimum absolute atomic E-state index is 0.0804. The number of carbonyl (C=O) groups excluding carboxylic acids is 1. The van der Waals surface area contributed by atoms with Crippen LogP contribution in [0.4, 0.5) is 0 Å². The maximum absolute atomic E-state index is 11.4. The van der Waals surface area contributed by atoms with E-state index in [0.717, 1.165) is 25.1 Å². The highest BCUT2D eigenvalue weighted by Gasteiger charge is 2.03. The summed E-state index contributed by atoms with van der Waals surface area (Å²) in [6, 6.07) is 0. The Morgan fingerprint density at radius 2 is 2.47 bits per heavy atom. The smallest absolute Gasteiger partial charge is 0.223 e. The number of aliphatic imine (C=N–C) groups is 1. The lowest BCUT2D eigenvalue weighted by atomic mass is 10.3. The fourth-order valence-corrected chi connectivity index (χ4v) is 1.43. The molecule has 1 N–H and O–H groups in total. The van der Waals surface area contributed by atoms with Gasteiger partial charge in [-0.3, -0.25) is 9.79 Å². The number of unbranched alkanes of at least 4 members (excludes halogenated alkanes) is 1. The Kier molecular flexibility index (Phi) is 6.07. The molecule has 1 aliphatic heterocycles. The van der Waals surface area contributed by atoms with Gasteiger partial charge in [-0.2, -0.15) is 0 Å². The van der Waals surface area contributed by atoms with Gasteiger partial charge in [-0.25, -0.2) is 0 Å². The fourth-order valence-electron chi connectivity index (χ4n) is 1.43. The fraction of sp³-hybridized carbons (Fsp3) is 0.538. The first-order valence-corrected chi connectivity index (χ1v) is 6.10. The van der Waals surface area contributed by atoms with Crippen LogP contribution in [-0.2, 0) is 4.79 Å². The Balaban J connectivity index is 2.23. The molecule has 0 saturated heterocycles. The molecule has 0 aromatic carbocycles. The summed E-state index contributed by atoms with van der Waals surface area (Å²) in [5.41, 5.74) is 1.14. The van der Waals surface area contributed by atoms with Crippen molar-refractivity contribution in [2.75, 3.05) is 13.2 Å². The number of nitrogens with zero attached hydrogens (tertiary/aromatic N) is 2. The van der Waals surface area contributed by atoms with Crippen LogP contribution in [-0.4, -0.2) is 30.2 Å². The summed E-state index contributed by atoms with van der Waals surface area (Å²) in [7, 11) is 0. The molecule has 0 aromatic rings. The summed E-state index contributed by atoms with van der Waals surface area (Å²) in [5, 5.41) is 2.88. The van der Waals surface area contributed by atoms with Gasteiger partial charge in [-0.1, -0.05) is 19.4 Å². The molecular weight excluding hydrogens is 214 g/mol. The average molecular weight is 235 g/mol. The molecule has 1 amide bonds. The van der Waals surface area contributed by atoms with Crippen molar-refractivity contribution in [3.8, 4) is 0 Å². The van der Waals surface area contributed by atoms with E-state index < -0.39 is 0 Å². The van der Waals surface area contributed by atoms with Crippen LogP contribution >= 0.6 is 0 Å². The zero-order valence-corrected chi connectivity index (χ0v) is 10.6. The van der Waals surface area contributed by atoms with Gasteiger partial charge in [-0.15, -0.1) is 0 Å². The summed E-state index contributed by atoms with van der Waals surface area (Å²) in [5.74, 6) is 0.0804. The molecule has 0 aliphatic carbocycles. The number of hydrogen-bond donors (Lipinski definition) is 1. The van der Waals surface area contributed by atoms with Crippen LogP contribution in [0.15, 0.2) is 29.0 Å². The van der Waals surface area contributed by atoms with Gasteiger partial charge in [0.05, 0.1) is 0 Å². The SMILES string of the molecule is CCCCNC(=O)C/C=C\N1CN=CC=C1C. The Morgan fingerprint density at radius 3 is 3.18 bits per heavy atom. The maximum atomic E-state index is 11.4. The van der Waals surface area contributed by atoms with Crippen LogP contribution in [0.25, 0.3) is 0 Å². The summed E-state index contributed by atoms with van der Waals surface area (Å²) in [4.78, 5) is 17.6. The first kappa shape index (κ1) is 13.5. The standard InChI is InChI=1S/C13H21N3O/c1-3-4-8-15-13(17)6-5-10-16-11-14-9-7-12(16)2/h5,7,9-10H,3-4,6,8,11H2,1-2H3,(H,15,17)/b10-5-. The predicted molar refractivity (Wildman–Crippen MR) is 70.6 cm³/mol. The third-order valence-corrected chi connectivity index (χ3v) is 2.55. The average Bonchev–Trinajstić information content (AvgIpc) is 2.32. The molecule has 4 nitrogen and oxygen atoms in total. The summed E-state index contributed by atoms with van der Waals surface area (Å²) in [6.07, 6.45) is 10.1. The molecule has 1 aliphatic rings. The van der Waals surface area contributed by atoms with Gasteiger partial charge in [0.2, 0.25) is 5.91 Å². The lowest BCUT2D eigenvalue weighted by Gasteiger charge is -2.20. The van der Waals surface area contributed by atoms with E-state index in [2.05, 4.69) is 17.2 Å². The first-order chi connectivity index (χ1) is 8.24. The third-order valence-electron chi connectivity index (χ3n) is 2.55. The lowest BCUT2D eigenvalue weighted by Crippen LogP contribution is -2.23. The van der Waals surface area contributed by atoms with E-state index in [1.165, 1.54) is 0 Å². The van der Waals surface area contributed by atoms with Crippen molar-refractivity contribution in [2.45, 2.75) is 33.1 Å². The van der Waals surface area contributed by atoms with Crippen molar-refractivity contribution in [3.05, 3.63) is 24.0 Å². The van der Waals surface area contributed by atoms with Crippen molar-refractivity contribution >= 4 is 12.1 Å². The number of allylic oxidation sites excluding steroid dienone is 2. The molecular formula is C13H21N3O. The second kappa shape index (κ2) is 7.65. The molecule has 1 heterocycles. The minimum atomic E-state index is 0.0804. The van der Waals surface area contributed by atoms with Crippen molar-refractivity contribution in [1.29, 1.82) is 0 Å². The van der Waals surface area contributed by atoms with Gasteiger partial charge in [0.1, 0.15) is 6.67 Å². The largest absolute Gasteiger partial charge is 0.356 e. The lowest BCUT2D eigenvalue weighted by molar-refractivity contribution is -0.120. The zero-order chi connectivity index (χ0) is 12.5.